The van der Waals surface area contributed by atoms with E-state index in [4.69, 9.17) is 4.98 Å². The van der Waals surface area contributed by atoms with Crippen molar-refractivity contribution in [3.05, 3.63) is 70.9 Å². The van der Waals surface area contributed by atoms with Crippen LogP contribution in [0.4, 0.5) is 5.69 Å². The van der Waals surface area contributed by atoms with Gasteiger partial charge >= 0.3 is 0 Å². The molecule has 3 rings (SSSR count). The molecule has 3 aromatic rings. The molecule has 1 heterocycles. The number of benzene rings is 2. The molecule has 0 aliphatic carbocycles. The molecular formula is C20H20N2O. The third-order valence-electron chi connectivity index (χ3n) is 4.12. The number of aromatic nitrogens is 1. The van der Waals surface area contributed by atoms with E-state index in [1.807, 2.05) is 24.3 Å². The monoisotopic (exact) mass is 304 g/mol. The van der Waals surface area contributed by atoms with Crippen LogP contribution in [0.1, 0.15) is 34.1 Å². The van der Waals surface area contributed by atoms with E-state index in [9.17, 15) is 4.79 Å². The van der Waals surface area contributed by atoms with E-state index < -0.39 is 0 Å². The normalized spacial score (nSPS) is 10.7. The molecule has 0 amide bonds. The molecule has 0 atom stereocenters. The first kappa shape index (κ1) is 15.2. The highest BCUT2D eigenvalue weighted by atomic mass is 16.1. The Bertz CT molecular complexity index is 855. The molecule has 2 aromatic carbocycles. The number of hydrogen-bond acceptors (Lipinski definition) is 3. The van der Waals surface area contributed by atoms with Crippen molar-refractivity contribution in [2.24, 2.45) is 0 Å². The third-order valence-corrected chi connectivity index (χ3v) is 4.12. The van der Waals surface area contributed by atoms with Gasteiger partial charge < -0.3 is 5.32 Å². The second-order valence-corrected chi connectivity index (χ2v) is 5.65. The maximum atomic E-state index is 11.1. The van der Waals surface area contributed by atoms with E-state index in [2.05, 4.69) is 43.4 Å². The zero-order chi connectivity index (χ0) is 16.2. The van der Waals surface area contributed by atoms with Gasteiger partial charge in [-0.3, -0.25) is 9.78 Å². The van der Waals surface area contributed by atoms with Crippen LogP contribution < -0.4 is 5.32 Å². The van der Waals surface area contributed by atoms with Gasteiger partial charge in [-0.05, 0) is 42.7 Å². The fraction of sp³-hybridized carbons (Fsp3) is 0.200. The Hall–Kier alpha value is -2.68. The molecule has 1 N–H and O–H groups in total. The van der Waals surface area contributed by atoms with E-state index in [1.54, 1.807) is 0 Å². The van der Waals surface area contributed by atoms with Gasteiger partial charge in [-0.25, -0.2) is 0 Å². The minimum absolute atomic E-state index is 0.640. The van der Waals surface area contributed by atoms with Crippen LogP contribution >= 0.6 is 0 Å². The molecule has 0 fully saturated rings. The number of pyridine rings is 1. The topological polar surface area (TPSA) is 42.0 Å². The first-order chi connectivity index (χ1) is 11.2. The number of hydrogen-bond donors (Lipinski definition) is 1. The molecule has 116 valence electrons. The number of rotatable bonds is 5. The minimum atomic E-state index is 0.640. The number of carbonyl (C=O) groups excluding carboxylic acids is 1. The lowest BCUT2D eigenvalue weighted by Crippen LogP contribution is -2.04. The minimum Gasteiger partial charge on any atom is -0.380 e. The van der Waals surface area contributed by atoms with E-state index in [0.29, 0.717) is 12.1 Å². The number of nitrogens with zero attached hydrogens (tertiary/aromatic N) is 1. The lowest BCUT2D eigenvalue weighted by Gasteiger charge is -2.12. The Morgan fingerprint density at radius 2 is 1.96 bits per heavy atom. The predicted octanol–water partition coefficient (Wildman–Crippen LogP) is 4.53. The van der Waals surface area contributed by atoms with Gasteiger partial charge in [-0.15, -0.1) is 0 Å². The number of nitrogens with one attached hydrogen (secondary N) is 1. The fourth-order valence-electron chi connectivity index (χ4n) is 2.86. The predicted molar refractivity (Wildman–Crippen MR) is 95.0 cm³/mol. The fourth-order valence-corrected chi connectivity index (χ4v) is 2.86. The Kier molecular flexibility index (Phi) is 4.38. The van der Waals surface area contributed by atoms with Gasteiger partial charge in [-0.1, -0.05) is 37.3 Å². The highest BCUT2D eigenvalue weighted by Crippen LogP contribution is 2.22. The number of carbonyl (C=O) groups is 1. The van der Waals surface area contributed by atoms with Crippen molar-refractivity contribution in [2.75, 3.05) is 5.32 Å². The molecular weight excluding hydrogens is 284 g/mol. The molecule has 0 aliphatic heterocycles. The van der Waals surface area contributed by atoms with Crippen LogP contribution in [0.25, 0.3) is 10.9 Å². The maximum Gasteiger partial charge on any atom is 0.152 e. The summed E-state index contributed by atoms with van der Waals surface area (Å²) in [6.45, 7) is 4.88. The van der Waals surface area contributed by atoms with E-state index in [1.165, 1.54) is 5.56 Å². The first-order valence-electron chi connectivity index (χ1n) is 7.89. The quantitative estimate of drug-likeness (QED) is 0.704. The molecule has 0 radical (unpaired) electrons. The van der Waals surface area contributed by atoms with Crippen molar-refractivity contribution in [1.82, 2.24) is 4.98 Å². The summed E-state index contributed by atoms with van der Waals surface area (Å²) in [5.74, 6) is 0. The number of anilines is 1. The third kappa shape index (κ3) is 3.09. The Balaban J connectivity index is 1.95. The van der Waals surface area contributed by atoms with Gasteiger partial charge in [0.15, 0.2) is 6.29 Å². The summed E-state index contributed by atoms with van der Waals surface area (Å²) in [4.78, 5) is 16.0. The lowest BCUT2D eigenvalue weighted by atomic mass is 10.0. The summed E-state index contributed by atoms with van der Waals surface area (Å²) in [5.41, 5.74) is 6.06. The van der Waals surface area contributed by atoms with Gasteiger partial charge in [0.1, 0.15) is 0 Å². The lowest BCUT2D eigenvalue weighted by molar-refractivity contribution is 0.112. The number of aldehydes is 1. The van der Waals surface area contributed by atoms with Crippen molar-refractivity contribution in [1.29, 1.82) is 0 Å². The molecule has 0 spiro atoms. The Morgan fingerprint density at radius 1 is 1.13 bits per heavy atom. The smallest absolute Gasteiger partial charge is 0.152 e. The molecule has 3 nitrogen and oxygen atoms in total. The Labute approximate surface area is 136 Å². The number of aryl methyl sites for hydroxylation is 2. The van der Waals surface area contributed by atoms with Crippen molar-refractivity contribution in [2.45, 2.75) is 26.8 Å². The van der Waals surface area contributed by atoms with Gasteiger partial charge in [0.05, 0.1) is 5.52 Å². The molecule has 1 aromatic heterocycles. The average molecular weight is 304 g/mol. The molecule has 0 unspecified atom stereocenters. The van der Waals surface area contributed by atoms with E-state index in [-0.39, 0.29) is 0 Å². The van der Waals surface area contributed by atoms with Crippen molar-refractivity contribution >= 4 is 22.9 Å². The molecule has 23 heavy (non-hydrogen) atoms. The molecule has 0 saturated carbocycles. The van der Waals surface area contributed by atoms with Gasteiger partial charge in [0.2, 0.25) is 0 Å². The van der Waals surface area contributed by atoms with Crippen LogP contribution in [0.3, 0.4) is 0 Å². The van der Waals surface area contributed by atoms with Crippen LogP contribution in [-0.4, -0.2) is 11.3 Å². The summed E-state index contributed by atoms with van der Waals surface area (Å²) >= 11 is 0. The zero-order valence-corrected chi connectivity index (χ0v) is 13.5. The summed E-state index contributed by atoms with van der Waals surface area (Å²) < 4.78 is 0. The first-order valence-corrected chi connectivity index (χ1v) is 7.89. The number of para-hydroxylation sites is 2. The summed E-state index contributed by atoms with van der Waals surface area (Å²) in [6, 6.07) is 16.0. The largest absolute Gasteiger partial charge is 0.380 e. The molecule has 0 saturated heterocycles. The van der Waals surface area contributed by atoms with Gasteiger partial charge in [-0.2, -0.15) is 0 Å². The standard InChI is InChI=1S/C20H20N2O/c1-3-18-14(2)11-15-8-6-9-16(20(15)22-18)12-21-19-10-5-4-7-17(19)13-23/h4-11,13,21H,3,12H2,1-2H3. The van der Waals surface area contributed by atoms with Crippen molar-refractivity contribution < 1.29 is 4.79 Å². The maximum absolute atomic E-state index is 11.1. The second kappa shape index (κ2) is 6.61. The van der Waals surface area contributed by atoms with Gasteiger partial charge in [0.25, 0.3) is 0 Å². The van der Waals surface area contributed by atoms with E-state index in [0.717, 1.165) is 40.6 Å². The van der Waals surface area contributed by atoms with Crippen LogP contribution in [0, 0.1) is 6.92 Å². The molecule has 3 heteroatoms. The van der Waals surface area contributed by atoms with Crippen LogP contribution in [-0.2, 0) is 13.0 Å². The summed E-state index contributed by atoms with van der Waals surface area (Å²) in [5, 5.41) is 4.51. The zero-order valence-electron chi connectivity index (χ0n) is 13.5. The summed E-state index contributed by atoms with van der Waals surface area (Å²) in [7, 11) is 0. The average Bonchev–Trinajstić information content (AvgIpc) is 2.59. The Morgan fingerprint density at radius 3 is 2.74 bits per heavy atom. The summed E-state index contributed by atoms with van der Waals surface area (Å²) in [6.07, 6.45) is 1.81. The van der Waals surface area contributed by atoms with Crippen molar-refractivity contribution in [3.63, 3.8) is 0 Å². The SMILES string of the molecule is CCc1nc2c(CNc3ccccc3C=O)cccc2cc1C. The van der Waals surface area contributed by atoms with Crippen LogP contribution in [0.5, 0.6) is 0 Å². The second-order valence-electron chi connectivity index (χ2n) is 5.65. The van der Waals surface area contributed by atoms with E-state index >= 15 is 0 Å². The molecule has 0 bridgehead atoms. The number of fused-ring (bicyclic) bond motifs is 1. The van der Waals surface area contributed by atoms with Crippen LogP contribution in [0.2, 0.25) is 0 Å². The van der Waals surface area contributed by atoms with Crippen molar-refractivity contribution in [3.8, 4) is 0 Å². The van der Waals surface area contributed by atoms with Crippen LogP contribution in [0.15, 0.2) is 48.5 Å². The molecule has 0 aliphatic rings. The highest BCUT2D eigenvalue weighted by Gasteiger charge is 2.07. The highest BCUT2D eigenvalue weighted by molar-refractivity contribution is 5.85. The van der Waals surface area contributed by atoms with Gasteiger partial charge in [0, 0.05) is 28.9 Å².